The quantitative estimate of drug-likeness (QED) is 0.592. The number of hydrogen-bond donors (Lipinski definition) is 1. The molecule has 0 saturated heterocycles. The molecule has 0 aliphatic rings. The van der Waals surface area contributed by atoms with Crippen LogP contribution in [0.25, 0.3) is 0 Å². The van der Waals surface area contributed by atoms with E-state index >= 15 is 0 Å². The van der Waals surface area contributed by atoms with Crippen molar-refractivity contribution in [2.45, 2.75) is 31.3 Å². The minimum Gasteiger partial charge on any atom is -0.377 e. The van der Waals surface area contributed by atoms with Gasteiger partial charge in [-0.2, -0.15) is 0 Å². The molecule has 0 radical (unpaired) electrons. The van der Waals surface area contributed by atoms with Gasteiger partial charge in [0, 0.05) is 29.1 Å². The third kappa shape index (κ3) is 4.02. The molecule has 0 atom stereocenters. The second kappa shape index (κ2) is 8.10. The second-order valence-electron chi connectivity index (χ2n) is 6.07. The summed E-state index contributed by atoms with van der Waals surface area (Å²) in [5.41, 5.74) is 3.98. The Labute approximate surface area is 161 Å². The van der Waals surface area contributed by atoms with Crippen molar-refractivity contribution in [1.82, 2.24) is 14.8 Å². The van der Waals surface area contributed by atoms with Gasteiger partial charge in [0.1, 0.15) is 5.82 Å². The maximum absolute atomic E-state index is 13.9. The Hall–Kier alpha value is -2.05. The van der Waals surface area contributed by atoms with Crippen LogP contribution in [0.4, 0.5) is 10.1 Å². The van der Waals surface area contributed by atoms with Gasteiger partial charge in [-0.25, -0.2) is 4.39 Å². The molecule has 3 aromatic rings. The van der Waals surface area contributed by atoms with Gasteiger partial charge in [-0.15, -0.1) is 10.2 Å². The van der Waals surface area contributed by atoms with Crippen molar-refractivity contribution in [3.63, 3.8) is 0 Å². The van der Waals surface area contributed by atoms with Crippen LogP contribution >= 0.6 is 23.4 Å². The van der Waals surface area contributed by atoms with Crippen LogP contribution in [0, 0.1) is 19.7 Å². The van der Waals surface area contributed by atoms with Crippen molar-refractivity contribution in [2.24, 2.45) is 7.05 Å². The number of halogens is 2. The number of anilines is 1. The molecule has 1 N–H and O–H groups in total. The number of aryl methyl sites for hydroxylation is 2. The summed E-state index contributed by atoms with van der Waals surface area (Å²) in [5, 5.41) is 13.0. The van der Waals surface area contributed by atoms with Crippen molar-refractivity contribution in [1.29, 1.82) is 0 Å². The Bertz CT molecular complexity index is 812. The first-order valence-corrected chi connectivity index (χ1v) is 9.57. The van der Waals surface area contributed by atoms with E-state index in [1.807, 2.05) is 17.7 Å². The second-order valence-corrected chi connectivity index (χ2v) is 7.42. The zero-order chi connectivity index (χ0) is 18.7. The number of thioether (sulfide) groups is 1. The molecule has 0 aliphatic heterocycles. The fraction of sp³-hybridized carbons (Fsp3) is 0.263. The largest absolute Gasteiger partial charge is 0.377 e. The standard InChI is InChI=1S/C19H20ClFN4S/c1-12-6-4-7-13(2)18(12)22-10-17-23-24-19(25(17)3)26-11-14-15(20)8-5-9-16(14)21/h4-9,22H,10-11H2,1-3H3. The van der Waals surface area contributed by atoms with E-state index in [0.717, 1.165) is 16.7 Å². The summed E-state index contributed by atoms with van der Waals surface area (Å²) < 4.78 is 15.8. The van der Waals surface area contributed by atoms with E-state index in [1.54, 1.807) is 12.1 Å². The maximum atomic E-state index is 13.9. The first-order valence-electron chi connectivity index (χ1n) is 8.21. The summed E-state index contributed by atoms with van der Waals surface area (Å²) in [4.78, 5) is 0. The molecule has 3 rings (SSSR count). The number of aromatic nitrogens is 3. The van der Waals surface area contributed by atoms with Crippen LogP contribution in [0.3, 0.4) is 0 Å². The fourth-order valence-electron chi connectivity index (χ4n) is 2.69. The molecule has 0 amide bonds. The molecule has 1 aromatic heterocycles. The highest BCUT2D eigenvalue weighted by Gasteiger charge is 2.13. The maximum Gasteiger partial charge on any atom is 0.191 e. The zero-order valence-corrected chi connectivity index (χ0v) is 16.5. The lowest BCUT2D eigenvalue weighted by molar-refractivity contribution is 0.617. The van der Waals surface area contributed by atoms with Crippen LogP contribution < -0.4 is 5.32 Å². The van der Waals surface area contributed by atoms with Gasteiger partial charge in [0.05, 0.1) is 6.54 Å². The summed E-state index contributed by atoms with van der Waals surface area (Å²) in [5.74, 6) is 0.917. The third-order valence-corrected chi connectivity index (χ3v) is 5.64. The highest BCUT2D eigenvalue weighted by Crippen LogP contribution is 2.28. The Morgan fingerprint density at radius 1 is 1.12 bits per heavy atom. The number of rotatable bonds is 6. The smallest absolute Gasteiger partial charge is 0.191 e. The van der Waals surface area contributed by atoms with E-state index in [4.69, 9.17) is 11.6 Å². The van der Waals surface area contributed by atoms with Gasteiger partial charge < -0.3 is 9.88 Å². The number of benzene rings is 2. The van der Waals surface area contributed by atoms with E-state index in [9.17, 15) is 4.39 Å². The van der Waals surface area contributed by atoms with Crippen molar-refractivity contribution < 1.29 is 4.39 Å². The van der Waals surface area contributed by atoms with Gasteiger partial charge >= 0.3 is 0 Å². The average Bonchev–Trinajstić information content (AvgIpc) is 2.94. The minimum absolute atomic E-state index is 0.302. The number of para-hydroxylation sites is 1. The van der Waals surface area contributed by atoms with Crippen LogP contribution in [0.1, 0.15) is 22.5 Å². The van der Waals surface area contributed by atoms with Crippen LogP contribution in [0.2, 0.25) is 5.02 Å². The van der Waals surface area contributed by atoms with E-state index in [0.29, 0.717) is 22.9 Å². The average molecular weight is 391 g/mol. The van der Waals surface area contributed by atoms with E-state index in [2.05, 4.69) is 41.5 Å². The Balaban J connectivity index is 1.68. The van der Waals surface area contributed by atoms with E-state index < -0.39 is 0 Å². The molecule has 26 heavy (non-hydrogen) atoms. The lowest BCUT2D eigenvalue weighted by Crippen LogP contribution is -2.08. The van der Waals surface area contributed by atoms with Crippen LogP contribution in [0.5, 0.6) is 0 Å². The summed E-state index contributed by atoms with van der Waals surface area (Å²) in [6.45, 7) is 4.72. The molecule has 0 aliphatic carbocycles. The number of nitrogens with one attached hydrogen (secondary N) is 1. The number of nitrogens with zero attached hydrogens (tertiary/aromatic N) is 3. The van der Waals surface area contributed by atoms with Crippen molar-refractivity contribution in [3.05, 3.63) is 69.8 Å². The van der Waals surface area contributed by atoms with E-state index in [-0.39, 0.29) is 5.82 Å². The van der Waals surface area contributed by atoms with E-state index in [1.165, 1.54) is 29.0 Å². The molecular formula is C19H20ClFN4S. The molecular weight excluding hydrogens is 371 g/mol. The normalized spacial score (nSPS) is 11.0. The fourth-order valence-corrected chi connectivity index (χ4v) is 3.97. The molecule has 4 nitrogen and oxygen atoms in total. The van der Waals surface area contributed by atoms with Gasteiger partial charge in [-0.3, -0.25) is 0 Å². The molecule has 0 spiro atoms. The van der Waals surface area contributed by atoms with Crippen molar-refractivity contribution >= 4 is 29.1 Å². The molecule has 136 valence electrons. The lowest BCUT2D eigenvalue weighted by atomic mass is 10.1. The highest BCUT2D eigenvalue weighted by atomic mass is 35.5. The molecule has 0 unspecified atom stereocenters. The Kier molecular flexibility index (Phi) is 5.84. The predicted octanol–water partition coefficient (Wildman–Crippen LogP) is 5.13. The van der Waals surface area contributed by atoms with Gasteiger partial charge in [0.2, 0.25) is 0 Å². The predicted molar refractivity (Wildman–Crippen MR) is 105 cm³/mol. The molecule has 0 fully saturated rings. The Morgan fingerprint density at radius 2 is 1.81 bits per heavy atom. The summed E-state index contributed by atoms with van der Waals surface area (Å²) in [6.07, 6.45) is 0. The van der Waals surface area contributed by atoms with Gasteiger partial charge in [-0.1, -0.05) is 47.6 Å². The van der Waals surface area contributed by atoms with Crippen LogP contribution in [0.15, 0.2) is 41.6 Å². The molecule has 2 aromatic carbocycles. The monoisotopic (exact) mass is 390 g/mol. The van der Waals surface area contributed by atoms with Crippen LogP contribution in [-0.2, 0) is 19.3 Å². The summed E-state index contributed by atoms with van der Waals surface area (Å²) in [6, 6.07) is 10.9. The van der Waals surface area contributed by atoms with Crippen molar-refractivity contribution in [2.75, 3.05) is 5.32 Å². The molecule has 0 bridgehead atoms. The molecule has 0 saturated carbocycles. The minimum atomic E-state index is -0.302. The SMILES string of the molecule is Cc1cccc(C)c1NCc1nnc(SCc2c(F)cccc2Cl)n1C. The van der Waals surface area contributed by atoms with Gasteiger partial charge in [-0.05, 0) is 37.1 Å². The van der Waals surface area contributed by atoms with Gasteiger partial charge in [0.25, 0.3) is 0 Å². The summed E-state index contributed by atoms with van der Waals surface area (Å²) in [7, 11) is 1.91. The van der Waals surface area contributed by atoms with Gasteiger partial charge in [0.15, 0.2) is 11.0 Å². The summed E-state index contributed by atoms with van der Waals surface area (Å²) >= 11 is 7.50. The zero-order valence-electron chi connectivity index (χ0n) is 14.9. The Morgan fingerprint density at radius 3 is 2.50 bits per heavy atom. The third-order valence-electron chi connectivity index (χ3n) is 4.24. The molecule has 7 heteroatoms. The lowest BCUT2D eigenvalue weighted by Gasteiger charge is -2.12. The van der Waals surface area contributed by atoms with Crippen LogP contribution in [-0.4, -0.2) is 14.8 Å². The first kappa shape index (κ1) is 18.7. The molecule has 1 heterocycles. The number of hydrogen-bond acceptors (Lipinski definition) is 4. The van der Waals surface area contributed by atoms with Crippen molar-refractivity contribution in [3.8, 4) is 0 Å². The first-order chi connectivity index (χ1) is 12.5. The topological polar surface area (TPSA) is 42.7 Å². The highest BCUT2D eigenvalue weighted by molar-refractivity contribution is 7.98.